The van der Waals surface area contributed by atoms with Gasteiger partial charge in [-0.05, 0) is 25.1 Å². The monoisotopic (exact) mass is 352 g/mol. The van der Waals surface area contributed by atoms with E-state index in [1.165, 1.54) is 0 Å². The molecule has 0 aromatic carbocycles. The van der Waals surface area contributed by atoms with Gasteiger partial charge in [-0.15, -0.1) is 0 Å². The van der Waals surface area contributed by atoms with E-state index in [1.54, 1.807) is 48.3 Å². The van der Waals surface area contributed by atoms with Gasteiger partial charge in [-0.2, -0.15) is 5.10 Å². The number of nitrogens with one attached hydrogen (secondary N) is 2. The molecule has 3 aromatic rings. The molecule has 0 aliphatic heterocycles. The molecule has 0 saturated carbocycles. The third-order valence-electron chi connectivity index (χ3n) is 3.43. The Morgan fingerprint density at radius 1 is 1.31 bits per heavy atom. The highest BCUT2D eigenvalue weighted by Gasteiger charge is 2.09. The van der Waals surface area contributed by atoms with Crippen LogP contribution in [0.15, 0.2) is 42.9 Å². The standard InChI is InChI=1S/C17H16N6O3/c1-11-15(3-4-16(21-11)22-17(25)19-10-24)26-13-5-6-18-14(7-13)12-8-20-23(2)9-12/h3-10H,1-2H3,(H2,19,21,22,24,25). The number of ether oxygens (including phenoxy) is 1. The summed E-state index contributed by atoms with van der Waals surface area (Å²) in [5, 5.41) is 8.55. The predicted molar refractivity (Wildman–Crippen MR) is 93.7 cm³/mol. The number of hydrogen-bond donors (Lipinski definition) is 2. The maximum absolute atomic E-state index is 11.3. The molecular weight excluding hydrogens is 336 g/mol. The Morgan fingerprint density at radius 2 is 2.15 bits per heavy atom. The molecule has 3 aromatic heterocycles. The Morgan fingerprint density at radius 3 is 2.85 bits per heavy atom. The molecule has 0 bridgehead atoms. The van der Waals surface area contributed by atoms with E-state index < -0.39 is 6.03 Å². The van der Waals surface area contributed by atoms with E-state index in [1.807, 2.05) is 18.6 Å². The molecule has 9 nitrogen and oxygen atoms in total. The fourth-order valence-electron chi connectivity index (χ4n) is 2.24. The summed E-state index contributed by atoms with van der Waals surface area (Å²) in [7, 11) is 1.84. The average Bonchev–Trinajstić information content (AvgIpc) is 3.04. The lowest BCUT2D eigenvalue weighted by Gasteiger charge is -2.10. The lowest BCUT2D eigenvalue weighted by Crippen LogP contribution is -2.27. The summed E-state index contributed by atoms with van der Waals surface area (Å²) in [5.74, 6) is 1.44. The van der Waals surface area contributed by atoms with Crippen molar-refractivity contribution < 1.29 is 14.3 Å². The van der Waals surface area contributed by atoms with Crippen LogP contribution in [-0.4, -0.2) is 32.2 Å². The molecule has 2 N–H and O–H groups in total. The van der Waals surface area contributed by atoms with E-state index in [-0.39, 0.29) is 0 Å². The second kappa shape index (κ2) is 7.43. The first-order valence-corrected chi connectivity index (χ1v) is 7.67. The second-order valence-corrected chi connectivity index (χ2v) is 5.38. The topological polar surface area (TPSA) is 111 Å². The quantitative estimate of drug-likeness (QED) is 0.681. The second-order valence-electron chi connectivity index (χ2n) is 5.38. The fourth-order valence-corrected chi connectivity index (χ4v) is 2.24. The molecule has 3 rings (SSSR count). The number of carbonyl (C=O) groups is 2. The Bertz CT molecular complexity index is 953. The van der Waals surface area contributed by atoms with Gasteiger partial charge in [0.25, 0.3) is 0 Å². The van der Waals surface area contributed by atoms with Crippen LogP contribution in [0.2, 0.25) is 0 Å². The molecule has 0 aliphatic rings. The van der Waals surface area contributed by atoms with Gasteiger partial charge in [0.1, 0.15) is 17.3 Å². The molecule has 0 atom stereocenters. The maximum Gasteiger partial charge on any atom is 0.326 e. The third kappa shape index (κ3) is 4.01. The molecule has 0 saturated heterocycles. The highest BCUT2D eigenvalue weighted by Crippen LogP contribution is 2.27. The summed E-state index contributed by atoms with van der Waals surface area (Å²) in [6.45, 7) is 1.75. The van der Waals surface area contributed by atoms with Crippen LogP contribution in [-0.2, 0) is 11.8 Å². The first kappa shape index (κ1) is 17.1. The zero-order valence-corrected chi connectivity index (χ0v) is 14.1. The van der Waals surface area contributed by atoms with Crippen molar-refractivity contribution in [3.8, 4) is 22.8 Å². The molecule has 132 valence electrons. The summed E-state index contributed by atoms with van der Waals surface area (Å²) in [5.41, 5.74) is 2.20. The number of anilines is 1. The van der Waals surface area contributed by atoms with Crippen LogP contribution in [0, 0.1) is 6.92 Å². The van der Waals surface area contributed by atoms with Gasteiger partial charge in [-0.3, -0.25) is 25.1 Å². The van der Waals surface area contributed by atoms with E-state index >= 15 is 0 Å². The summed E-state index contributed by atoms with van der Waals surface area (Å²) in [6.07, 6.45) is 5.54. The van der Waals surface area contributed by atoms with E-state index in [0.29, 0.717) is 29.4 Å². The molecule has 3 amide bonds. The third-order valence-corrected chi connectivity index (χ3v) is 3.43. The number of urea groups is 1. The number of aromatic nitrogens is 4. The molecule has 26 heavy (non-hydrogen) atoms. The predicted octanol–water partition coefficient (Wildman–Crippen LogP) is 2.26. The first-order chi connectivity index (χ1) is 12.5. The maximum atomic E-state index is 11.3. The number of nitrogens with zero attached hydrogens (tertiary/aromatic N) is 4. The number of pyridine rings is 2. The Kier molecular flexibility index (Phi) is 4.88. The zero-order chi connectivity index (χ0) is 18.5. The van der Waals surface area contributed by atoms with Crippen molar-refractivity contribution in [2.24, 2.45) is 7.05 Å². The number of aryl methyl sites for hydroxylation is 2. The van der Waals surface area contributed by atoms with Crippen LogP contribution >= 0.6 is 0 Å². The first-order valence-electron chi connectivity index (χ1n) is 7.67. The summed E-state index contributed by atoms with van der Waals surface area (Å²) >= 11 is 0. The van der Waals surface area contributed by atoms with Crippen molar-refractivity contribution in [3.05, 3.63) is 48.5 Å². The van der Waals surface area contributed by atoms with Gasteiger partial charge in [0.15, 0.2) is 0 Å². The molecule has 3 heterocycles. The van der Waals surface area contributed by atoms with Crippen molar-refractivity contribution in [2.45, 2.75) is 6.92 Å². The van der Waals surface area contributed by atoms with Crippen LogP contribution in [0.25, 0.3) is 11.3 Å². The minimum Gasteiger partial charge on any atom is -0.455 e. The number of carbonyl (C=O) groups excluding carboxylic acids is 2. The number of imide groups is 1. The van der Waals surface area contributed by atoms with E-state index in [2.05, 4.69) is 20.4 Å². The fraction of sp³-hybridized carbons (Fsp3) is 0.118. The summed E-state index contributed by atoms with van der Waals surface area (Å²) in [4.78, 5) is 30.1. The highest BCUT2D eigenvalue weighted by atomic mass is 16.5. The van der Waals surface area contributed by atoms with Gasteiger partial charge in [-0.25, -0.2) is 9.78 Å². The van der Waals surface area contributed by atoms with Crippen molar-refractivity contribution in [1.82, 2.24) is 25.1 Å². The largest absolute Gasteiger partial charge is 0.455 e. The van der Waals surface area contributed by atoms with E-state index in [4.69, 9.17) is 4.74 Å². The zero-order valence-electron chi connectivity index (χ0n) is 14.1. The minimum atomic E-state index is -0.657. The molecule has 0 radical (unpaired) electrons. The van der Waals surface area contributed by atoms with Crippen LogP contribution in [0.3, 0.4) is 0 Å². The van der Waals surface area contributed by atoms with Crippen molar-refractivity contribution in [1.29, 1.82) is 0 Å². The lowest BCUT2D eigenvalue weighted by molar-refractivity contribution is -0.108. The summed E-state index contributed by atoms with van der Waals surface area (Å²) < 4.78 is 7.57. The molecular formula is C17H16N6O3. The SMILES string of the molecule is Cc1nc(NC(=O)NC=O)ccc1Oc1ccnc(-c2cnn(C)c2)c1. The Hall–Kier alpha value is -3.75. The average molecular weight is 352 g/mol. The molecule has 0 aliphatic carbocycles. The van der Waals surface area contributed by atoms with E-state index in [9.17, 15) is 9.59 Å². The highest BCUT2D eigenvalue weighted by molar-refractivity contribution is 5.94. The van der Waals surface area contributed by atoms with Gasteiger partial charge in [0.2, 0.25) is 6.41 Å². The van der Waals surface area contributed by atoms with Crippen molar-refractivity contribution in [2.75, 3.05) is 5.32 Å². The van der Waals surface area contributed by atoms with Gasteiger partial charge in [0, 0.05) is 31.1 Å². The van der Waals surface area contributed by atoms with Crippen LogP contribution in [0.4, 0.5) is 10.6 Å². The molecule has 0 spiro atoms. The minimum absolute atomic E-state index is 0.295. The van der Waals surface area contributed by atoms with Gasteiger partial charge < -0.3 is 4.74 Å². The normalized spacial score (nSPS) is 10.2. The Balaban J connectivity index is 1.76. The number of amides is 3. The van der Waals surface area contributed by atoms with Gasteiger partial charge in [-0.1, -0.05) is 0 Å². The lowest BCUT2D eigenvalue weighted by atomic mass is 10.2. The number of hydrogen-bond acceptors (Lipinski definition) is 6. The van der Waals surface area contributed by atoms with Crippen molar-refractivity contribution >= 4 is 18.3 Å². The number of rotatable bonds is 5. The molecule has 0 unspecified atom stereocenters. The summed E-state index contributed by atoms with van der Waals surface area (Å²) in [6, 6.07) is 6.15. The van der Waals surface area contributed by atoms with Gasteiger partial charge in [0.05, 0.1) is 17.6 Å². The van der Waals surface area contributed by atoms with Crippen LogP contribution in [0.5, 0.6) is 11.5 Å². The van der Waals surface area contributed by atoms with E-state index in [0.717, 1.165) is 11.3 Å². The molecule has 0 fully saturated rings. The smallest absolute Gasteiger partial charge is 0.326 e. The van der Waals surface area contributed by atoms with Gasteiger partial charge >= 0.3 is 6.03 Å². The van der Waals surface area contributed by atoms with Crippen LogP contribution < -0.4 is 15.4 Å². The molecule has 9 heteroatoms. The van der Waals surface area contributed by atoms with Crippen LogP contribution in [0.1, 0.15) is 5.69 Å². The Labute approximate surface area is 149 Å². The van der Waals surface area contributed by atoms with Crippen molar-refractivity contribution in [3.63, 3.8) is 0 Å².